The van der Waals surface area contributed by atoms with Crippen LogP contribution in [-0.4, -0.2) is 23.3 Å². The number of aryl methyl sites for hydroxylation is 1. The van der Waals surface area contributed by atoms with Gasteiger partial charge in [0.1, 0.15) is 4.34 Å². The summed E-state index contributed by atoms with van der Waals surface area (Å²) >= 11 is 3.63. The van der Waals surface area contributed by atoms with E-state index < -0.39 is 0 Å². The van der Waals surface area contributed by atoms with Crippen LogP contribution in [0.15, 0.2) is 9.72 Å². The fourth-order valence-corrected chi connectivity index (χ4v) is 3.43. The normalized spacial score (nSPS) is 13.0. The van der Waals surface area contributed by atoms with Crippen molar-refractivity contribution in [3.05, 3.63) is 11.1 Å². The average molecular weight is 244 g/mol. The molecule has 0 spiro atoms. The molecule has 0 saturated heterocycles. The molecule has 0 saturated carbocycles. The summed E-state index contributed by atoms with van der Waals surface area (Å²) in [4.78, 5) is 4.46. The first-order chi connectivity index (χ1) is 7.26. The second-order valence-electron chi connectivity index (χ2n) is 3.61. The molecular formula is C11H20N2S2. The zero-order valence-electron chi connectivity index (χ0n) is 9.75. The van der Waals surface area contributed by atoms with E-state index in [-0.39, 0.29) is 0 Å². The standard InChI is InChI=1S/C11H20N2S2/c1-4-6-10(12-5-2)8-15-11-13-9(3)7-14-11/h7,10,12H,4-6,8H2,1-3H3. The SMILES string of the molecule is CCCC(CSc1nc(C)cs1)NCC. The Morgan fingerprint density at radius 1 is 1.53 bits per heavy atom. The van der Waals surface area contributed by atoms with Crippen LogP contribution in [0.3, 0.4) is 0 Å². The Kier molecular flexibility index (Phi) is 6.29. The van der Waals surface area contributed by atoms with Crippen molar-refractivity contribution in [1.29, 1.82) is 0 Å². The molecule has 1 aromatic heterocycles. The minimum atomic E-state index is 0.634. The van der Waals surface area contributed by atoms with Crippen molar-refractivity contribution in [1.82, 2.24) is 10.3 Å². The van der Waals surface area contributed by atoms with Crippen LogP contribution in [0.2, 0.25) is 0 Å². The van der Waals surface area contributed by atoms with Crippen LogP contribution in [0.4, 0.5) is 0 Å². The van der Waals surface area contributed by atoms with E-state index in [0.717, 1.165) is 18.0 Å². The summed E-state index contributed by atoms with van der Waals surface area (Å²) in [5, 5.41) is 5.63. The molecule has 0 aliphatic rings. The van der Waals surface area contributed by atoms with Gasteiger partial charge >= 0.3 is 0 Å². The predicted octanol–water partition coefficient (Wildman–Crippen LogP) is 3.32. The zero-order chi connectivity index (χ0) is 11.1. The van der Waals surface area contributed by atoms with Gasteiger partial charge in [-0.05, 0) is 19.9 Å². The first-order valence-electron chi connectivity index (χ1n) is 5.54. The van der Waals surface area contributed by atoms with Crippen LogP contribution < -0.4 is 5.32 Å². The molecule has 0 fully saturated rings. The lowest BCUT2D eigenvalue weighted by molar-refractivity contribution is 0.531. The van der Waals surface area contributed by atoms with E-state index in [4.69, 9.17) is 0 Å². The second kappa shape index (κ2) is 7.25. The monoisotopic (exact) mass is 244 g/mol. The topological polar surface area (TPSA) is 24.9 Å². The van der Waals surface area contributed by atoms with Gasteiger partial charge in [0.15, 0.2) is 0 Å². The summed E-state index contributed by atoms with van der Waals surface area (Å²) in [6.45, 7) is 7.51. The van der Waals surface area contributed by atoms with Crippen molar-refractivity contribution in [2.45, 2.75) is 44.0 Å². The van der Waals surface area contributed by atoms with Gasteiger partial charge in [-0.25, -0.2) is 4.98 Å². The highest BCUT2D eigenvalue weighted by atomic mass is 32.2. The molecule has 1 heterocycles. The minimum absolute atomic E-state index is 0.634. The van der Waals surface area contributed by atoms with Crippen molar-refractivity contribution < 1.29 is 0 Å². The third-order valence-electron chi connectivity index (χ3n) is 2.14. The number of aromatic nitrogens is 1. The summed E-state index contributed by atoms with van der Waals surface area (Å²) < 4.78 is 1.20. The summed E-state index contributed by atoms with van der Waals surface area (Å²) in [7, 11) is 0. The first kappa shape index (κ1) is 13.0. The average Bonchev–Trinajstić information content (AvgIpc) is 2.61. The number of nitrogens with zero attached hydrogens (tertiary/aromatic N) is 1. The van der Waals surface area contributed by atoms with Crippen LogP contribution in [0.25, 0.3) is 0 Å². The van der Waals surface area contributed by atoms with Gasteiger partial charge < -0.3 is 5.32 Å². The van der Waals surface area contributed by atoms with Gasteiger partial charge in [0, 0.05) is 22.9 Å². The van der Waals surface area contributed by atoms with Crippen LogP contribution in [0.5, 0.6) is 0 Å². The first-order valence-corrected chi connectivity index (χ1v) is 7.41. The summed E-state index contributed by atoms with van der Waals surface area (Å²) in [5.41, 5.74) is 1.14. The van der Waals surface area contributed by atoms with Gasteiger partial charge in [0.05, 0.1) is 0 Å². The van der Waals surface area contributed by atoms with Gasteiger partial charge in [-0.15, -0.1) is 11.3 Å². The van der Waals surface area contributed by atoms with Crippen LogP contribution >= 0.6 is 23.1 Å². The Morgan fingerprint density at radius 2 is 2.33 bits per heavy atom. The molecule has 1 unspecified atom stereocenters. The molecule has 2 nitrogen and oxygen atoms in total. The van der Waals surface area contributed by atoms with E-state index in [1.165, 1.54) is 17.2 Å². The van der Waals surface area contributed by atoms with Crippen LogP contribution in [-0.2, 0) is 0 Å². The van der Waals surface area contributed by atoms with Crippen molar-refractivity contribution in [3.63, 3.8) is 0 Å². The molecule has 4 heteroatoms. The largest absolute Gasteiger partial charge is 0.313 e. The number of thiazole rings is 1. The third kappa shape index (κ3) is 5.00. The second-order valence-corrected chi connectivity index (χ2v) is 5.73. The molecule has 1 rings (SSSR count). The fraction of sp³-hybridized carbons (Fsp3) is 0.727. The highest BCUT2D eigenvalue weighted by molar-refractivity contribution is 8.01. The zero-order valence-corrected chi connectivity index (χ0v) is 11.4. The number of hydrogen-bond donors (Lipinski definition) is 1. The van der Waals surface area contributed by atoms with E-state index in [2.05, 4.69) is 29.5 Å². The molecule has 1 N–H and O–H groups in total. The predicted molar refractivity (Wildman–Crippen MR) is 69.9 cm³/mol. The maximum absolute atomic E-state index is 4.46. The number of rotatable bonds is 7. The van der Waals surface area contributed by atoms with Gasteiger partial charge in [-0.1, -0.05) is 32.0 Å². The Morgan fingerprint density at radius 3 is 2.87 bits per heavy atom. The maximum Gasteiger partial charge on any atom is 0.150 e. The smallest absolute Gasteiger partial charge is 0.150 e. The molecule has 86 valence electrons. The number of hydrogen-bond acceptors (Lipinski definition) is 4. The molecule has 0 amide bonds. The Labute approximate surface area is 101 Å². The molecule has 1 aromatic rings. The van der Waals surface area contributed by atoms with Crippen molar-refractivity contribution in [3.8, 4) is 0 Å². The molecule has 0 aromatic carbocycles. The third-order valence-corrected chi connectivity index (χ3v) is 4.44. The summed E-state index contributed by atoms with van der Waals surface area (Å²) in [6.07, 6.45) is 2.50. The highest BCUT2D eigenvalue weighted by Gasteiger charge is 2.08. The van der Waals surface area contributed by atoms with Crippen molar-refractivity contribution in [2.75, 3.05) is 12.3 Å². The van der Waals surface area contributed by atoms with Gasteiger partial charge in [-0.3, -0.25) is 0 Å². The molecule has 0 aliphatic carbocycles. The molecular weight excluding hydrogens is 224 g/mol. The lowest BCUT2D eigenvalue weighted by Gasteiger charge is -2.15. The highest BCUT2D eigenvalue weighted by Crippen LogP contribution is 2.23. The summed E-state index contributed by atoms with van der Waals surface area (Å²) in [6, 6.07) is 0.634. The van der Waals surface area contributed by atoms with E-state index in [0.29, 0.717) is 6.04 Å². The van der Waals surface area contributed by atoms with Gasteiger partial charge in [0.2, 0.25) is 0 Å². The Hall–Kier alpha value is -0.0600. The molecule has 0 radical (unpaired) electrons. The lowest BCUT2D eigenvalue weighted by atomic mass is 10.2. The molecule has 1 atom stereocenters. The fourth-order valence-electron chi connectivity index (χ4n) is 1.45. The Bertz CT molecular complexity index is 267. The quantitative estimate of drug-likeness (QED) is 0.745. The van der Waals surface area contributed by atoms with Crippen molar-refractivity contribution in [2.24, 2.45) is 0 Å². The van der Waals surface area contributed by atoms with Crippen LogP contribution in [0.1, 0.15) is 32.4 Å². The van der Waals surface area contributed by atoms with Crippen LogP contribution in [0, 0.1) is 6.92 Å². The minimum Gasteiger partial charge on any atom is -0.313 e. The Balaban J connectivity index is 2.32. The van der Waals surface area contributed by atoms with E-state index in [1.807, 2.05) is 18.7 Å². The van der Waals surface area contributed by atoms with E-state index >= 15 is 0 Å². The van der Waals surface area contributed by atoms with Gasteiger partial charge in [-0.2, -0.15) is 0 Å². The molecule has 15 heavy (non-hydrogen) atoms. The lowest BCUT2D eigenvalue weighted by Crippen LogP contribution is -2.30. The summed E-state index contributed by atoms with van der Waals surface area (Å²) in [5.74, 6) is 1.13. The van der Waals surface area contributed by atoms with Gasteiger partial charge in [0.25, 0.3) is 0 Å². The molecule has 0 aliphatic heterocycles. The maximum atomic E-state index is 4.46. The molecule has 0 bridgehead atoms. The number of thioether (sulfide) groups is 1. The van der Waals surface area contributed by atoms with Crippen molar-refractivity contribution >= 4 is 23.1 Å². The van der Waals surface area contributed by atoms with E-state index in [9.17, 15) is 0 Å². The van der Waals surface area contributed by atoms with E-state index in [1.54, 1.807) is 11.3 Å². The number of nitrogens with one attached hydrogen (secondary N) is 1.